The molecule has 0 aliphatic carbocycles. The van der Waals surface area contributed by atoms with E-state index in [0.717, 1.165) is 10.8 Å². The molecule has 108 valence electrons. The molecule has 0 fully saturated rings. The summed E-state index contributed by atoms with van der Waals surface area (Å²) in [6, 6.07) is 13.2. The molecule has 21 heavy (non-hydrogen) atoms. The van der Waals surface area contributed by atoms with Crippen LogP contribution in [-0.4, -0.2) is 18.2 Å². The van der Waals surface area contributed by atoms with Crippen molar-refractivity contribution in [3.8, 4) is 0 Å². The maximum atomic E-state index is 12.5. The lowest BCUT2D eigenvalue weighted by Gasteiger charge is -2.10. The standard InChI is InChI=1S/C15H15N3O2S/c1-11-15(10-18(2)16-11)21(19,20)17-14-9-5-7-12-6-3-4-8-13(12)14/h3-10,17H,1-2H3. The number of aryl methyl sites for hydroxylation is 2. The van der Waals surface area contributed by atoms with Crippen LogP contribution in [0.25, 0.3) is 10.8 Å². The van der Waals surface area contributed by atoms with Crippen LogP contribution in [0.2, 0.25) is 0 Å². The number of fused-ring (bicyclic) bond motifs is 1. The van der Waals surface area contributed by atoms with Crippen molar-refractivity contribution in [1.82, 2.24) is 9.78 Å². The first-order valence-electron chi connectivity index (χ1n) is 6.48. The van der Waals surface area contributed by atoms with Crippen molar-refractivity contribution in [1.29, 1.82) is 0 Å². The lowest BCUT2D eigenvalue weighted by atomic mass is 10.1. The van der Waals surface area contributed by atoms with Gasteiger partial charge in [0.05, 0.1) is 11.4 Å². The van der Waals surface area contributed by atoms with Crippen molar-refractivity contribution in [2.24, 2.45) is 7.05 Å². The summed E-state index contributed by atoms with van der Waals surface area (Å²) in [7, 11) is -1.95. The molecule has 0 unspecified atom stereocenters. The van der Waals surface area contributed by atoms with Crippen LogP contribution in [0.15, 0.2) is 53.6 Å². The number of aromatic nitrogens is 2. The second-order valence-corrected chi connectivity index (χ2v) is 6.54. The fraction of sp³-hybridized carbons (Fsp3) is 0.133. The Labute approximate surface area is 123 Å². The van der Waals surface area contributed by atoms with Crippen molar-refractivity contribution in [2.75, 3.05) is 4.72 Å². The minimum Gasteiger partial charge on any atom is -0.279 e. The Hall–Kier alpha value is -2.34. The lowest BCUT2D eigenvalue weighted by molar-refractivity contribution is 0.600. The summed E-state index contributed by atoms with van der Waals surface area (Å²) in [6.07, 6.45) is 1.50. The average molecular weight is 301 g/mol. The molecule has 0 atom stereocenters. The molecule has 5 nitrogen and oxygen atoms in total. The Morgan fingerprint density at radius 2 is 1.81 bits per heavy atom. The Kier molecular flexibility index (Phi) is 3.17. The second-order valence-electron chi connectivity index (χ2n) is 4.88. The van der Waals surface area contributed by atoms with E-state index in [1.165, 1.54) is 10.9 Å². The highest BCUT2D eigenvalue weighted by Crippen LogP contribution is 2.26. The highest BCUT2D eigenvalue weighted by molar-refractivity contribution is 7.92. The van der Waals surface area contributed by atoms with Gasteiger partial charge in [0.1, 0.15) is 4.90 Å². The summed E-state index contributed by atoms with van der Waals surface area (Å²) in [6.45, 7) is 1.68. The first-order valence-corrected chi connectivity index (χ1v) is 7.96. The first-order chi connectivity index (χ1) is 9.97. The molecule has 0 saturated heterocycles. The number of anilines is 1. The topological polar surface area (TPSA) is 64.0 Å². The van der Waals surface area contributed by atoms with E-state index in [-0.39, 0.29) is 4.90 Å². The lowest BCUT2D eigenvalue weighted by Crippen LogP contribution is -2.13. The van der Waals surface area contributed by atoms with Crippen molar-refractivity contribution in [3.05, 3.63) is 54.4 Å². The summed E-state index contributed by atoms with van der Waals surface area (Å²) in [5.74, 6) is 0. The zero-order valence-electron chi connectivity index (χ0n) is 11.7. The summed E-state index contributed by atoms with van der Waals surface area (Å²) in [5, 5.41) is 5.93. The molecule has 1 heterocycles. The number of hydrogen-bond donors (Lipinski definition) is 1. The molecule has 1 aromatic heterocycles. The number of benzene rings is 2. The van der Waals surface area contributed by atoms with Crippen LogP contribution in [0.5, 0.6) is 0 Å². The number of rotatable bonds is 3. The SMILES string of the molecule is Cc1nn(C)cc1S(=O)(=O)Nc1cccc2ccccc12. The van der Waals surface area contributed by atoms with Crippen LogP contribution >= 0.6 is 0 Å². The maximum absolute atomic E-state index is 12.5. The summed E-state index contributed by atoms with van der Waals surface area (Å²) in [4.78, 5) is 0.193. The van der Waals surface area contributed by atoms with Crippen molar-refractivity contribution in [3.63, 3.8) is 0 Å². The van der Waals surface area contributed by atoms with Gasteiger partial charge in [0.25, 0.3) is 10.0 Å². The number of hydrogen-bond acceptors (Lipinski definition) is 3. The van der Waals surface area contributed by atoms with E-state index in [0.29, 0.717) is 11.4 Å². The summed E-state index contributed by atoms with van der Waals surface area (Å²) < 4.78 is 29.2. The number of sulfonamides is 1. The monoisotopic (exact) mass is 301 g/mol. The van der Waals surface area contributed by atoms with Crippen LogP contribution in [0, 0.1) is 6.92 Å². The summed E-state index contributed by atoms with van der Waals surface area (Å²) >= 11 is 0. The molecule has 3 rings (SSSR count). The van der Waals surface area contributed by atoms with E-state index < -0.39 is 10.0 Å². The van der Waals surface area contributed by atoms with Gasteiger partial charge >= 0.3 is 0 Å². The average Bonchev–Trinajstić information content (AvgIpc) is 2.79. The van der Waals surface area contributed by atoms with E-state index >= 15 is 0 Å². The van der Waals surface area contributed by atoms with Gasteiger partial charge in [0.2, 0.25) is 0 Å². The highest BCUT2D eigenvalue weighted by Gasteiger charge is 2.20. The van der Waals surface area contributed by atoms with E-state index in [2.05, 4.69) is 9.82 Å². The molecule has 6 heteroatoms. The molecular weight excluding hydrogens is 286 g/mol. The van der Waals surface area contributed by atoms with Crippen molar-refractivity contribution >= 4 is 26.5 Å². The van der Waals surface area contributed by atoms with E-state index in [4.69, 9.17) is 0 Å². The first kappa shape index (κ1) is 13.6. The number of nitrogens with zero attached hydrogens (tertiary/aromatic N) is 2. The third-order valence-electron chi connectivity index (χ3n) is 3.29. The zero-order valence-corrected chi connectivity index (χ0v) is 12.6. The predicted octanol–water partition coefficient (Wildman–Crippen LogP) is 2.68. The Balaban J connectivity index is 2.08. The third-order valence-corrected chi connectivity index (χ3v) is 4.76. The number of nitrogens with one attached hydrogen (secondary N) is 1. The van der Waals surface area contributed by atoms with Crippen molar-refractivity contribution in [2.45, 2.75) is 11.8 Å². The molecule has 3 aromatic rings. The molecule has 1 N–H and O–H groups in total. The largest absolute Gasteiger partial charge is 0.279 e. The van der Waals surface area contributed by atoms with Gasteiger partial charge in [0, 0.05) is 18.6 Å². The van der Waals surface area contributed by atoms with E-state index in [1.54, 1.807) is 20.0 Å². The smallest absolute Gasteiger partial charge is 0.265 e. The second kappa shape index (κ2) is 4.89. The van der Waals surface area contributed by atoms with Gasteiger partial charge in [-0.05, 0) is 18.4 Å². The summed E-state index contributed by atoms with van der Waals surface area (Å²) in [5.41, 5.74) is 1.04. The molecular formula is C15H15N3O2S. The molecule has 0 radical (unpaired) electrons. The van der Waals surface area contributed by atoms with Gasteiger partial charge < -0.3 is 0 Å². The van der Waals surface area contributed by atoms with Crippen LogP contribution in [-0.2, 0) is 17.1 Å². The van der Waals surface area contributed by atoms with Gasteiger partial charge in [-0.3, -0.25) is 9.40 Å². The Morgan fingerprint density at radius 1 is 1.10 bits per heavy atom. The van der Waals surface area contributed by atoms with Crippen molar-refractivity contribution < 1.29 is 8.42 Å². The van der Waals surface area contributed by atoms with Crippen LogP contribution in [0.3, 0.4) is 0 Å². The quantitative estimate of drug-likeness (QED) is 0.809. The maximum Gasteiger partial charge on any atom is 0.265 e. The zero-order chi connectivity index (χ0) is 15.0. The molecule has 0 aliphatic heterocycles. The highest BCUT2D eigenvalue weighted by atomic mass is 32.2. The van der Waals surface area contributed by atoms with E-state index in [1.807, 2.05) is 36.4 Å². The third kappa shape index (κ3) is 2.50. The van der Waals surface area contributed by atoms with Gasteiger partial charge in [-0.2, -0.15) is 5.10 Å². The van der Waals surface area contributed by atoms with Gasteiger partial charge in [0.15, 0.2) is 0 Å². The van der Waals surface area contributed by atoms with Crippen LogP contribution < -0.4 is 4.72 Å². The van der Waals surface area contributed by atoms with Crippen LogP contribution in [0.1, 0.15) is 5.69 Å². The predicted molar refractivity (Wildman–Crippen MR) is 82.7 cm³/mol. The minimum absolute atomic E-state index is 0.193. The van der Waals surface area contributed by atoms with Gasteiger partial charge in [-0.1, -0.05) is 36.4 Å². The fourth-order valence-corrected chi connectivity index (χ4v) is 3.65. The molecule has 2 aromatic carbocycles. The normalized spacial score (nSPS) is 11.7. The molecule has 0 spiro atoms. The molecule has 0 aliphatic rings. The van der Waals surface area contributed by atoms with Gasteiger partial charge in [-0.15, -0.1) is 0 Å². The molecule has 0 bridgehead atoms. The van der Waals surface area contributed by atoms with E-state index in [9.17, 15) is 8.42 Å². The Bertz CT molecular complexity index is 908. The molecule has 0 amide bonds. The van der Waals surface area contributed by atoms with Crippen LogP contribution in [0.4, 0.5) is 5.69 Å². The fourth-order valence-electron chi connectivity index (χ4n) is 2.36. The minimum atomic E-state index is -3.65. The van der Waals surface area contributed by atoms with Gasteiger partial charge in [-0.25, -0.2) is 8.42 Å². The molecule has 0 saturated carbocycles. The Morgan fingerprint density at radius 3 is 2.52 bits per heavy atom.